The minimum Gasteiger partial charge on any atom is -0.308 e. The van der Waals surface area contributed by atoms with Gasteiger partial charge in [0.15, 0.2) is 0 Å². The van der Waals surface area contributed by atoms with Crippen molar-refractivity contribution in [3.8, 4) is 0 Å². The Bertz CT molecular complexity index is 593. The average molecular weight is 253 g/mol. The molecule has 19 heavy (non-hydrogen) atoms. The quantitative estimate of drug-likeness (QED) is 0.717. The predicted octanol–water partition coefficient (Wildman–Crippen LogP) is 3.72. The maximum absolute atomic E-state index is 11.8. The summed E-state index contributed by atoms with van der Waals surface area (Å²) in [5, 5.41) is 13.0. The molecule has 0 bridgehead atoms. The number of hydrogen-bond acceptors (Lipinski definition) is 2. The first-order chi connectivity index (χ1) is 9.15. The summed E-state index contributed by atoms with van der Waals surface area (Å²) < 4.78 is 0. The van der Waals surface area contributed by atoms with E-state index in [-0.39, 0.29) is 6.03 Å². The first-order valence-electron chi connectivity index (χ1n) is 5.94. The fraction of sp³-hybridized carbons (Fsp3) is 0.0667. The molecule has 2 aromatic rings. The summed E-state index contributed by atoms with van der Waals surface area (Å²) in [5.41, 5.74) is 2.65. The Kier molecular flexibility index (Phi) is 3.93. The molecular weight excluding hydrogens is 238 g/mol. The van der Waals surface area contributed by atoms with Crippen molar-refractivity contribution in [3.05, 3.63) is 60.2 Å². The van der Waals surface area contributed by atoms with Gasteiger partial charge in [0.25, 0.3) is 0 Å². The molecule has 4 nitrogen and oxygen atoms in total. The van der Waals surface area contributed by atoms with Gasteiger partial charge in [-0.25, -0.2) is 4.79 Å². The number of amides is 2. The SMILES string of the molecule is CC(=N)c1cccc(NC(=O)Nc2ccccc2)c1. The number of benzene rings is 2. The molecule has 0 unspecified atom stereocenters. The molecule has 0 fully saturated rings. The summed E-state index contributed by atoms with van der Waals surface area (Å²) in [4.78, 5) is 11.8. The van der Waals surface area contributed by atoms with E-state index >= 15 is 0 Å². The molecule has 0 saturated carbocycles. The third-order valence-corrected chi connectivity index (χ3v) is 2.59. The lowest BCUT2D eigenvalue weighted by atomic mass is 10.1. The Hall–Kier alpha value is -2.62. The van der Waals surface area contributed by atoms with Crippen LogP contribution in [-0.2, 0) is 0 Å². The van der Waals surface area contributed by atoms with Crippen LogP contribution in [0.25, 0.3) is 0 Å². The fourth-order valence-electron chi connectivity index (χ4n) is 1.65. The van der Waals surface area contributed by atoms with E-state index in [0.717, 1.165) is 11.3 Å². The Morgan fingerprint density at radius 3 is 2.26 bits per heavy atom. The lowest BCUT2D eigenvalue weighted by Crippen LogP contribution is -2.19. The van der Waals surface area contributed by atoms with E-state index < -0.39 is 0 Å². The van der Waals surface area contributed by atoms with Crippen molar-refractivity contribution >= 4 is 23.1 Å². The maximum Gasteiger partial charge on any atom is 0.323 e. The zero-order valence-electron chi connectivity index (χ0n) is 10.6. The summed E-state index contributed by atoms with van der Waals surface area (Å²) >= 11 is 0. The van der Waals surface area contributed by atoms with Crippen LogP contribution in [0.15, 0.2) is 54.6 Å². The van der Waals surface area contributed by atoms with Crippen molar-refractivity contribution < 1.29 is 4.79 Å². The van der Waals surface area contributed by atoms with Gasteiger partial charge in [0, 0.05) is 17.1 Å². The van der Waals surface area contributed by atoms with Crippen molar-refractivity contribution in [2.24, 2.45) is 0 Å². The molecule has 2 amide bonds. The highest BCUT2D eigenvalue weighted by Crippen LogP contribution is 2.12. The van der Waals surface area contributed by atoms with Crippen LogP contribution in [0.5, 0.6) is 0 Å². The largest absolute Gasteiger partial charge is 0.323 e. The topological polar surface area (TPSA) is 65.0 Å². The summed E-state index contributed by atoms with van der Waals surface area (Å²) in [7, 11) is 0. The number of carbonyl (C=O) groups excluding carboxylic acids is 1. The minimum absolute atomic E-state index is 0.300. The third kappa shape index (κ3) is 3.67. The average Bonchev–Trinajstić information content (AvgIpc) is 2.40. The monoisotopic (exact) mass is 253 g/mol. The van der Waals surface area contributed by atoms with E-state index in [1.807, 2.05) is 42.5 Å². The molecule has 0 spiro atoms. The summed E-state index contributed by atoms with van der Waals surface area (Å²) in [6.07, 6.45) is 0. The van der Waals surface area contributed by atoms with Crippen molar-refractivity contribution in [1.82, 2.24) is 0 Å². The molecule has 2 rings (SSSR count). The maximum atomic E-state index is 11.8. The second-order valence-electron chi connectivity index (χ2n) is 4.15. The Morgan fingerprint density at radius 2 is 1.58 bits per heavy atom. The van der Waals surface area contributed by atoms with E-state index in [2.05, 4.69) is 10.6 Å². The van der Waals surface area contributed by atoms with Crippen molar-refractivity contribution in [2.45, 2.75) is 6.92 Å². The summed E-state index contributed by atoms with van der Waals surface area (Å²) in [5.74, 6) is 0. The number of para-hydroxylation sites is 1. The van der Waals surface area contributed by atoms with Crippen molar-refractivity contribution in [2.75, 3.05) is 10.6 Å². The molecule has 3 N–H and O–H groups in total. The highest BCUT2D eigenvalue weighted by molar-refractivity contribution is 6.01. The summed E-state index contributed by atoms with van der Waals surface area (Å²) in [6, 6.07) is 16.1. The third-order valence-electron chi connectivity index (χ3n) is 2.59. The van der Waals surface area contributed by atoms with Crippen LogP contribution >= 0.6 is 0 Å². The Balaban J connectivity index is 2.03. The van der Waals surface area contributed by atoms with E-state index in [1.54, 1.807) is 19.1 Å². The number of carbonyl (C=O) groups is 1. The molecule has 2 aromatic carbocycles. The van der Waals surface area contributed by atoms with Crippen LogP contribution in [0.2, 0.25) is 0 Å². The number of urea groups is 1. The van der Waals surface area contributed by atoms with Crippen molar-refractivity contribution in [3.63, 3.8) is 0 Å². The van der Waals surface area contributed by atoms with Gasteiger partial charge in [-0.15, -0.1) is 0 Å². The van der Waals surface area contributed by atoms with Gasteiger partial charge < -0.3 is 16.0 Å². The second-order valence-corrected chi connectivity index (χ2v) is 4.15. The van der Waals surface area contributed by atoms with Crippen LogP contribution in [0.3, 0.4) is 0 Å². The Morgan fingerprint density at radius 1 is 0.947 bits per heavy atom. The lowest BCUT2D eigenvalue weighted by molar-refractivity contribution is 0.262. The van der Waals surface area contributed by atoms with Gasteiger partial charge in [-0.3, -0.25) is 0 Å². The number of rotatable bonds is 3. The molecule has 0 radical (unpaired) electrons. The van der Waals surface area contributed by atoms with E-state index in [9.17, 15) is 4.79 Å². The van der Waals surface area contributed by atoms with Crippen LogP contribution in [-0.4, -0.2) is 11.7 Å². The molecule has 0 atom stereocenters. The highest BCUT2D eigenvalue weighted by atomic mass is 16.2. The van der Waals surface area contributed by atoms with Gasteiger partial charge in [0.1, 0.15) is 0 Å². The van der Waals surface area contributed by atoms with Crippen LogP contribution in [0, 0.1) is 5.41 Å². The predicted molar refractivity (Wildman–Crippen MR) is 78.0 cm³/mol. The normalized spacial score (nSPS) is 9.74. The van der Waals surface area contributed by atoms with E-state index in [0.29, 0.717) is 11.4 Å². The molecule has 4 heteroatoms. The number of nitrogens with one attached hydrogen (secondary N) is 3. The first kappa shape index (κ1) is 12.8. The minimum atomic E-state index is -0.300. The van der Waals surface area contributed by atoms with Gasteiger partial charge in [0.05, 0.1) is 0 Å². The molecule has 96 valence electrons. The van der Waals surface area contributed by atoms with Gasteiger partial charge in [-0.2, -0.15) is 0 Å². The fourth-order valence-corrected chi connectivity index (χ4v) is 1.65. The standard InChI is InChI=1S/C15H15N3O/c1-11(16)12-6-5-9-14(10-12)18-15(19)17-13-7-3-2-4-8-13/h2-10,16H,1H3,(H2,17,18,19). The van der Waals surface area contributed by atoms with Gasteiger partial charge >= 0.3 is 6.03 Å². The van der Waals surface area contributed by atoms with Crippen LogP contribution < -0.4 is 10.6 Å². The highest BCUT2D eigenvalue weighted by Gasteiger charge is 2.03. The van der Waals surface area contributed by atoms with Gasteiger partial charge in [-0.05, 0) is 36.8 Å². The zero-order chi connectivity index (χ0) is 13.7. The molecule has 0 aromatic heterocycles. The molecule has 0 heterocycles. The smallest absolute Gasteiger partial charge is 0.308 e. The van der Waals surface area contributed by atoms with Gasteiger partial charge in [-0.1, -0.05) is 30.3 Å². The summed E-state index contributed by atoms with van der Waals surface area (Å²) in [6.45, 7) is 1.71. The van der Waals surface area contributed by atoms with Crippen LogP contribution in [0.4, 0.5) is 16.2 Å². The van der Waals surface area contributed by atoms with E-state index in [4.69, 9.17) is 5.41 Å². The number of hydrogen-bond donors (Lipinski definition) is 3. The second kappa shape index (κ2) is 5.82. The molecule has 0 saturated heterocycles. The molecule has 0 aliphatic carbocycles. The molecule has 0 aliphatic heterocycles. The number of anilines is 2. The van der Waals surface area contributed by atoms with Gasteiger partial charge in [0.2, 0.25) is 0 Å². The van der Waals surface area contributed by atoms with Crippen LogP contribution in [0.1, 0.15) is 12.5 Å². The van der Waals surface area contributed by atoms with E-state index in [1.165, 1.54) is 0 Å². The lowest BCUT2D eigenvalue weighted by Gasteiger charge is -2.08. The molecular formula is C15H15N3O. The first-order valence-corrected chi connectivity index (χ1v) is 5.94. The zero-order valence-corrected chi connectivity index (χ0v) is 10.6. The molecule has 0 aliphatic rings. The Labute approximate surface area is 112 Å². The van der Waals surface area contributed by atoms with Crippen molar-refractivity contribution in [1.29, 1.82) is 5.41 Å².